The van der Waals surface area contributed by atoms with Gasteiger partial charge in [0.25, 0.3) is 0 Å². The van der Waals surface area contributed by atoms with Crippen LogP contribution < -0.4 is 5.32 Å². The first-order chi connectivity index (χ1) is 12.3. The summed E-state index contributed by atoms with van der Waals surface area (Å²) in [5.74, 6) is 0.0493. The van der Waals surface area contributed by atoms with Crippen LogP contribution in [0, 0.1) is 12.8 Å². The second-order valence-electron chi connectivity index (χ2n) is 6.44. The number of hydrogen-bond acceptors (Lipinski definition) is 4. The van der Waals surface area contributed by atoms with Gasteiger partial charge in [0.15, 0.2) is 0 Å². The number of benzene rings is 1. The smallest absolute Gasteiger partial charge is 0.243 e. The predicted octanol–water partition coefficient (Wildman–Crippen LogP) is 2.53. The summed E-state index contributed by atoms with van der Waals surface area (Å²) < 4.78 is 29.5. The molecule has 1 unspecified atom stereocenters. The van der Waals surface area contributed by atoms with Crippen LogP contribution in [0.15, 0.2) is 39.7 Å². The zero-order chi connectivity index (χ0) is 18.9. The molecule has 3 rings (SSSR count). The summed E-state index contributed by atoms with van der Waals surface area (Å²) in [5, 5.41) is 7.06. The highest BCUT2D eigenvalue weighted by Crippen LogP contribution is 2.25. The van der Waals surface area contributed by atoms with Gasteiger partial charge in [0.2, 0.25) is 15.9 Å². The van der Waals surface area contributed by atoms with Crippen molar-refractivity contribution in [3.05, 3.63) is 40.5 Å². The molecule has 0 bridgehead atoms. The molecule has 0 spiro atoms. The molecule has 9 heteroatoms. The van der Waals surface area contributed by atoms with Crippen LogP contribution in [0.25, 0.3) is 0 Å². The number of sulfonamides is 1. The number of piperidine rings is 1. The summed E-state index contributed by atoms with van der Waals surface area (Å²) in [6.45, 7) is 2.46. The van der Waals surface area contributed by atoms with Gasteiger partial charge in [-0.1, -0.05) is 15.9 Å². The predicted molar refractivity (Wildman–Crippen MR) is 102 cm³/mol. The average molecular weight is 441 g/mol. The largest absolute Gasteiger partial charge is 0.311 e. The maximum atomic E-state index is 12.8. The van der Waals surface area contributed by atoms with E-state index in [2.05, 4.69) is 26.3 Å². The van der Waals surface area contributed by atoms with Gasteiger partial charge in [0.05, 0.1) is 16.5 Å². The van der Waals surface area contributed by atoms with Crippen molar-refractivity contribution in [3.8, 4) is 0 Å². The number of anilines is 1. The summed E-state index contributed by atoms with van der Waals surface area (Å²) in [6, 6.07) is 8.33. The molecule has 1 aliphatic rings. The molecular weight excluding hydrogens is 420 g/mol. The van der Waals surface area contributed by atoms with Gasteiger partial charge in [-0.25, -0.2) is 8.42 Å². The quantitative estimate of drug-likeness (QED) is 0.791. The second kappa shape index (κ2) is 7.50. The number of carbonyl (C=O) groups excluding carboxylic acids is 1. The van der Waals surface area contributed by atoms with Crippen LogP contribution in [-0.2, 0) is 21.9 Å². The molecule has 1 N–H and O–H groups in total. The van der Waals surface area contributed by atoms with Gasteiger partial charge in [-0.05, 0) is 44.0 Å². The van der Waals surface area contributed by atoms with Gasteiger partial charge >= 0.3 is 0 Å². The van der Waals surface area contributed by atoms with E-state index >= 15 is 0 Å². The van der Waals surface area contributed by atoms with E-state index in [9.17, 15) is 13.2 Å². The van der Waals surface area contributed by atoms with Crippen molar-refractivity contribution in [2.75, 3.05) is 18.4 Å². The fraction of sp³-hybridized carbons (Fsp3) is 0.412. The molecule has 1 amide bonds. The Bertz CT molecular complexity index is 909. The average Bonchev–Trinajstić information content (AvgIpc) is 2.92. The fourth-order valence-electron chi connectivity index (χ4n) is 3.09. The van der Waals surface area contributed by atoms with E-state index in [1.165, 1.54) is 4.31 Å². The number of carbonyl (C=O) groups is 1. The van der Waals surface area contributed by atoms with Crippen LogP contribution in [0.5, 0.6) is 0 Å². The van der Waals surface area contributed by atoms with E-state index in [-0.39, 0.29) is 23.3 Å². The van der Waals surface area contributed by atoms with E-state index in [1.54, 1.807) is 42.1 Å². The lowest BCUT2D eigenvalue weighted by molar-refractivity contribution is -0.120. The lowest BCUT2D eigenvalue weighted by Gasteiger charge is -2.31. The molecule has 1 aromatic carbocycles. The molecule has 1 fully saturated rings. The van der Waals surface area contributed by atoms with Gasteiger partial charge in [0.1, 0.15) is 5.82 Å². The number of aryl methyl sites for hydroxylation is 2. The molecule has 2 aromatic rings. The molecule has 0 saturated carbocycles. The Hall–Kier alpha value is -1.71. The van der Waals surface area contributed by atoms with E-state index in [1.807, 2.05) is 6.92 Å². The highest BCUT2D eigenvalue weighted by atomic mass is 79.9. The number of nitrogens with zero attached hydrogens (tertiary/aromatic N) is 3. The molecule has 0 aliphatic carbocycles. The molecule has 1 atom stereocenters. The molecule has 1 saturated heterocycles. The summed E-state index contributed by atoms with van der Waals surface area (Å²) in [5.41, 5.74) is 0.811. The minimum Gasteiger partial charge on any atom is -0.311 e. The van der Waals surface area contributed by atoms with E-state index in [0.29, 0.717) is 25.2 Å². The Labute approximate surface area is 161 Å². The zero-order valence-corrected chi connectivity index (χ0v) is 17.0. The van der Waals surface area contributed by atoms with Gasteiger partial charge in [-0.3, -0.25) is 9.48 Å². The van der Waals surface area contributed by atoms with Crippen LogP contribution in [0.3, 0.4) is 0 Å². The number of rotatable bonds is 4. The molecular formula is C17H21BrN4O3S. The third-order valence-electron chi connectivity index (χ3n) is 4.46. The normalized spacial score (nSPS) is 18.7. The third-order valence-corrected chi connectivity index (χ3v) is 6.87. The highest BCUT2D eigenvalue weighted by Gasteiger charge is 2.33. The van der Waals surface area contributed by atoms with Gasteiger partial charge in [-0.15, -0.1) is 0 Å². The Kier molecular flexibility index (Phi) is 5.50. The van der Waals surface area contributed by atoms with Crippen LogP contribution in [0.1, 0.15) is 18.5 Å². The monoisotopic (exact) mass is 440 g/mol. The van der Waals surface area contributed by atoms with Crippen molar-refractivity contribution in [3.63, 3.8) is 0 Å². The minimum atomic E-state index is -3.61. The number of amides is 1. The minimum absolute atomic E-state index is 0.177. The molecule has 0 radical (unpaired) electrons. The Morgan fingerprint density at radius 2 is 2.00 bits per heavy atom. The zero-order valence-electron chi connectivity index (χ0n) is 14.6. The first-order valence-corrected chi connectivity index (χ1v) is 10.6. The molecule has 1 aliphatic heterocycles. The van der Waals surface area contributed by atoms with Crippen molar-refractivity contribution >= 4 is 37.7 Å². The highest BCUT2D eigenvalue weighted by molar-refractivity contribution is 9.10. The van der Waals surface area contributed by atoms with E-state index in [4.69, 9.17) is 0 Å². The van der Waals surface area contributed by atoms with Crippen molar-refractivity contribution in [1.82, 2.24) is 14.1 Å². The van der Waals surface area contributed by atoms with Gasteiger partial charge < -0.3 is 5.32 Å². The summed E-state index contributed by atoms with van der Waals surface area (Å²) in [7, 11) is -1.85. The fourth-order valence-corrected chi connectivity index (χ4v) is 4.87. The topological polar surface area (TPSA) is 84.3 Å². The number of hydrogen-bond donors (Lipinski definition) is 1. The van der Waals surface area contributed by atoms with Crippen LogP contribution >= 0.6 is 15.9 Å². The standard InChI is InChI=1S/C17H21BrN4O3S/c1-12-10-16(21(2)20-12)19-17(23)13-4-3-9-22(11-13)26(24,25)15-7-5-14(18)6-8-15/h5-8,10,13H,3-4,9,11H2,1-2H3,(H,19,23). The summed E-state index contributed by atoms with van der Waals surface area (Å²) in [4.78, 5) is 12.8. The lowest BCUT2D eigenvalue weighted by atomic mass is 9.99. The number of nitrogens with one attached hydrogen (secondary N) is 1. The maximum Gasteiger partial charge on any atom is 0.243 e. The van der Waals surface area contributed by atoms with Crippen molar-refractivity contribution < 1.29 is 13.2 Å². The summed E-state index contributed by atoms with van der Waals surface area (Å²) in [6.07, 6.45) is 1.31. The van der Waals surface area contributed by atoms with Crippen LogP contribution in [-0.4, -0.2) is 41.5 Å². The van der Waals surface area contributed by atoms with Crippen molar-refractivity contribution in [2.45, 2.75) is 24.7 Å². The van der Waals surface area contributed by atoms with E-state index in [0.717, 1.165) is 10.2 Å². The summed E-state index contributed by atoms with van der Waals surface area (Å²) >= 11 is 3.31. The Morgan fingerprint density at radius 1 is 1.31 bits per heavy atom. The molecule has 2 heterocycles. The lowest BCUT2D eigenvalue weighted by Crippen LogP contribution is -2.43. The second-order valence-corrected chi connectivity index (χ2v) is 9.29. The molecule has 26 heavy (non-hydrogen) atoms. The Balaban J connectivity index is 1.73. The van der Waals surface area contributed by atoms with Gasteiger partial charge in [0, 0.05) is 30.7 Å². The molecule has 1 aromatic heterocycles. The van der Waals surface area contributed by atoms with Crippen LogP contribution in [0.2, 0.25) is 0 Å². The van der Waals surface area contributed by atoms with Gasteiger partial charge in [-0.2, -0.15) is 9.40 Å². The Morgan fingerprint density at radius 3 is 2.62 bits per heavy atom. The van der Waals surface area contributed by atoms with Crippen molar-refractivity contribution in [1.29, 1.82) is 0 Å². The first kappa shape index (κ1) is 19.1. The number of halogens is 1. The molecule has 140 valence electrons. The molecule has 7 nitrogen and oxygen atoms in total. The SMILES string of the molecule is Cc1cc(NC(=O)C2CCCN(S(=O)(=O)c3ccc(Br)cc3)C2)n(C)n1. The maximum absolute atomic E-state index is 12.8. The third kappa shape index (κ3) is 3.99. The number of aromatic nitrogens is 2. The first-order valence-electron chi connectivity index (χ1n) is 8.34. The van der Waals surface area contributed by atoms with E-state index < -0.39 is 10.0 Å². The van der Waals surface area contributed by atoms with Crippen molar-refractivity contribution in [2.24, 2.45) is 13.0 Å². The van der Waals surface area contributed by atoms with Crippen LogP contribution in [0.4, 0.5) is 5.82 Å².